The predicted molar refractivity (Wildman–Crippen MR) is 128 cm³/mol. The van der Waals surface area contributed by atoms with Crippen molar-refractivity contribution in [2.24, 2.45) is 4.99 Å². The van der Waals surface area contributed by atoms with Gasteiger partial charge < -0.3 is 15.5 Å². The van der Waals surface area contributed by atoms with Gasteiger partial charge in [-0.3, -0.25) is 9.79 Å². The summed E-state index contributed by atoms with van der Waals surface area (Å²) in [5.41, 5.74) is 9.81. The van der Waals surface area contributed by atoms with E-state index >= 15 is 0 Å². The third kappa shape index (κ3) is 8.20. The van der Waals surface area contributed by atoms with Crippen molar-refractivity contribution >= 4 is 23.6 Å². The summed E-state index contributed by atoms with van der Waals surface area (Å²) in [6.45, 7) is 7.22. The number of oxazole rings is 1. The molecule has 0 aliphatic heterocycles. The first-order valence-electron chi connectivity index (χ1n) is 11.1. The molecule has 35 heavy (non-hydrogen) atoms. The number of amides is 1. The fraction of sp³-hybridized carbons (Fsp3) is 0.375. The normalized spacial score (nSPS) is 11.3. The number of halogens is 3. The van der Waals surface area contributed by atoms with E-state index in [4.69, 9.17) is 10.2 Å². The molecule has 0 spiro atoms. The minimum Gasteiger partial charge on any atom is -0.443 e. The van der Waals surface area contributed by atoms with E-state index in [2.05, 4.69) is 32.2 Å². The molecule has 0 aliphatic rings. The van der Waals surface area contributed by atoms with E-state index < -0.39 is 18.5 Å². The summed E-state index contributed by atoms with van der Waals surface area (Å²) in [4.78, 5) is 29.9. The van der Waals surface area contributed by atoms with Crippen molar-refractivity contribution in [2.45, 2.75) is 59.7 Å². The summed E-state index contributed by atoms with van der Waals surface area (Å²) in [7, 11) is 0. The number of aromatic nitrogens is 3. The highest BCUT2D eigenvalue weighted by Crippen LogP contribution is 2.24. The lowest BCUT2D eigenvalue weighted by molar-refractivity contribution is -0.130. The second-order valence-corrected chi connectivity index (χ2v) is 7.56. The van der Waals surface area contributed by atoms with E-state index in [-0.39, 0.29) is 11.5 Å². The summed E-state index contributed by atoms with van der Waals surface area (Å²) >= 11 is 0. The molecular weight excluding hydrogens is 461 g/mol. The number of carbonyl (C=O) groups is 1. The molecule has 3 rings (SSSR count). The molecule has 0 radical (unpaired) electrons. The molecule has 1 aromatic carbocycles. The van der Waals surface area contributed by atoms with Crippen LogP contribution in [0.1, 0.15) is 60.4 Å². The largest absolute Gasteiger partial charge is 0.443 e. The molecule has 8 nitrogen and oxygen atoms in total. The number of nitrogens with one attached hydrogen (secondary N) is 1. The number of hydrogen-bond donors (Lipinski definition) is 2. The number of para-hydroxylation sites is 1. The van der Waals surface area contributed by atoms with Crippen LogP contribution in [0.4, 0.5) is 24.7 Å². The summed E-state index contributed by atoms with van der Waals surface area (Å²) < 4.78 is 37.6. The van der Waals surface area contributed by atoms with Crippen LogP contribution in [-0.4, -0.2) is 33.3 Å². The van der Waals surface area contributed by atoms with E-state index in [9.17, 15) is 18.0 Å². The standard InChI is InChI=1S/C21H24N6O2.C3H5F3/c1-4-5-9-23-16-13(2)7-6-8-15(16)12-25-20(28)18-19(22)27-17(14(3)26-18)21-24-10-11-29-21;1-2-3(4,5)6/h6-11H,4-5,12H2,1-3H3,(H2,22,27)(H,25,28);2H2,1H3. The number of aliphatic imine (C=N–C) groups is 1. The first-order valence-corrected chi connectivity index (χ1v) is 11.1. The summed E-state index contributed by atoms with van der Waals surface area (Å²) in [6.07, 6.45) is 2.10. The molecule has 0 saturated carbocycles. The zero-order chi connectivity index (χ0) is 26.0. The van der Waals surface area contributed by atoms with Crippen molar-refractivity contribution in [3.63, 3.8) is 0 Å². The van der Waals surface area contributed by atoms with E-state index in [1.165, 1.54) is 12.5 Å². The van der Waals surface area contributed by atoms with Crippen LogP contribution in [0.5, 0.6) is 0 Å². The predicted octanol–water partition coefficient (Wildman–Crippen LogP) is 5.72. The van der Waals surface area contributed by atoms with Gasteiger partial charge in [-0.1, -0.05) is 38.5 Å². The van der Waals surface area contributed by atoms with Gasteiger partial charge in [0.1, 0.15) is 12.0 Å². The molecule has 0 fully saturated rings. The number of unbranched alkanes of at least 4 members (excludes halogenated alkanes) is 1. The van der Waals surface area contributed by atoms with E-state index in [0.29, 0.717) is 23.8 Å². The van der Waals surface area contributed by atoms with Gasteiger partial charge >= 0.3 is 6.18 Å². The van der Waals surface area contributed by atoms with Crippen molar-refractivity contribution in [3.8, 4) is 11.6 Å². The molecule has 0 unspecified atom stereocenters. The zero-order valence-corrected chi connectivity index (χ0v) is 20.1. The van der Waals surface area contributed by atoms with Gasteiger partial charge in [-0.15, -0.1) is 0 Å². The highest BCUT2D eigenvalue weighted by Gasteiger charge is 2.22. The number of benzene rings is 1. The number of anilines is 1. The third-order valence-electron chi connectivity index (χ3n) is 4.75. The van der Waals surface area contributed by atoms with Crippen molar-refractivity contribution in [1.82, 2.24) is 20.3 Å². The Balaban J connectivity index is 0.000000641. The Kier molecular flexibility index (Phi) is 9.92. The zero-order valence-electron chi connectivity index (χ0n) is 20.1. The highest BCUT2D eigenvalue weighted by atomic mass is 19.4. The van der Waals surface area contributed by atoms with Gasteiger partial charge in [0.15, 0.2) is 11.5 Å². The minimum absolute atomic E-state index is 0.0201. The average Bonchev–Trinajstić information content (AvgIpc) is 3.35. The Morgan fingerprint density at radius 3 is 2.54 bits per heavy atom. The Labute approximate surface area is 201 Å². The molecule has 0 atom stereocenters. The Morgan fingerprint density at radius 2 is 1.94 bits per heavy atom. The van der Waals surface area contributed by atoms with Crippen LogP contribution in [0.2, 0.25) is 0 Å². The first-order chi connectivity index (χ1) is 16.6. The van der Waals surface area contributed by atoms with Crippen molar-refractivity contribution < 1.29 is 22.4 Å². The number of carbonyl (C=O) groups excluding carboxylic acids is 1. The van der Waals surface area contributed by atoms with Crippen LogP contribution in [0.15, 0.2) is 40.1 Å². The SMILES string of the molecule is CCC(F)(F)F.CCCC=Nc1c(C)cccc1CNC(=O)c1nc(C)c(-c2ncco2)nc1N. The molecular formula is C24H29F3N6O2. The quantitative estimate of drug-likeness (QED) is 0.409. The smallest absolute Gasteiger partial charge is 0.388 e. The lowest BCUT2D eigenvalue weighted by Crippen LogP contribution is -2.26. The lowest BCUT2D eigenvalue weighted by Gasteiger charge is -2.11. The minimum atomic E-state index is -3.96. The van der Waals surface area contributed by atoms with Crippen LogP contribution in [-0.2, 0) is 6.54 Å². The number of nitrogens with zero attached hydrogens (tertiary/aromatic N) is 4. The van der Waals surface area contributed by atoms with Crippen molar-refractivity contribution in [3.05, 3.63) is 53.2 Å². The first kappa shape index (κ1) is 27.5. The maximum Gasteiger partial charge on any atom is 0.388 e. The molecule has 11 heteroatoms. The van der Waals surface area contributed by atoms with Gasteiger partial charge in [-0.2, -0.15) is 13.2 Å². The average molecular weight is 491 g/mol. The topological polar surface area (TPSA) is 119 Å². The van der Waals surface area contributed by atoms with Crippen LogP contribution in [0.3, 0.4) is 0 Å². The van der Waals surface area contributed by atoms with Gasteiger partial charge in [0.25, 0.3) is 5.91 Å². The molecule has 2 aromatic heterocycles. The molecule has 2 heterocycles. The number of rotatable bonds is 7. The molecule has 0 saturated heterocycles. The van der Waals surface area contributed by atoms with Crippen molar-refractivity contribution in [2.75, 3.05) is 5.73 Å². The number of aryl methyl sites for hydroxylation is 2. The van der Waals surface area contributed by atoms with Gasteiger partial charge in [-0.05, 0) is 31.4 Å². The molecule has 3 N–H and O–H groups in total. The Hall–Kier alpha value is -3.76. The third-order valence-corrected chi connectivity index (χ3v) is 4.75. The number of hydrogen-bond acceptors (Lipinski definition) is 7. The summed E-state index contributed by atoms with van der Waals surface area (Å²) in [5, 5.41) is 2.86. The van der Waals surface area contributed by atoms with E-state index in [1.54, 1.807) is 6.92 Å². The van der Waals surface area contributed by atoms with Crippen LogP contribution >= 0.6 is 0 Å². The Bertz CT molecular complexity index is 1140. The Morgan fingerprint density at radius 1 is 1.23 bits per heavy atom. The second kappa shape index (κ2) is 12.6. The monoisotopic (exact) mass is 490 g/mol. The van der Waals surface area contributed by atoms with E-state index in [0.717, 1.165) is 36.6 Å². The molecule has 0 bridgehead atoms. The van der Waals surface area contributed by atoms with Gasteiger partial charge in [-0.25, -0.2) is 15.0 Å². The highest BCUT2D eigenvalue weighted by molar-refractivity contribution is 5.96. The molecule has 188 valence electrons. The van der Waals surface area contributed by atoms with Crippen molar-refractivity contribution in [1.29, 1.82) is 0 Å². The molecule has 0 aliphatic carbocycles. The fourth-order valence-corrected chi connectivity index (χ4v) is 2.83. The lowest BCUT2D eigenvalue weighted by atomic mass is 10.1. The number of nitrogen functional groups attached to an aromatic ring is 1. The summed E-state index contributed by atoms with van der Waals surface area (Å²) in [6, 6.07) is 5.88. The maximum atomic E-state index is 12.7. The molecule has 1 amide bonds. The number of alkyl halides is 3. The van der Waals surface area contributed by atoms with Gasteiger partial charge in [0.05, 0.1) is 17.6 Å². The fourth-order valence-electron chi connectivity index (χ4n) is 2.83. The van der Waals surface area contributed by atoms with E-state index in [1.807, 2.05) is 31.3 Å². The summed E-state index contributed by atoms with van der Waals surface area (Å²) in [5.74, 6) is -0.0724. The van der Waals surface area contributed by atoms with Crippen LogP contribution < -0.4 is 11.1 Å². The van der Waals surface area contributed by atoms with Gasteiger partial charge in [0, 0.05) is 19.2 Å². The van der Waals surface area contributed by atoms with Crippen LogP contribution in [0, 0.1) is 13.8 Å². The number of nitrogens with two attached hydrogens (primary N) is 1. The van der Waals surface area contributed by atoms with Crippen LogP contribution in [0.25, 0.3) is 11.6 Å². The van der Waals surface area contributed by atoms with Gasteiger partial charge in [0.2, 0.25) is 5.89 Å². The molecule has 3 aromatic rings. The second-order valence-electron chi connectivity index (χ2n) is 7.56. The maximum absolute atomic E-state index is 12.7.